The molecule has 1 aromatic carbocycles. The molecule has 0 spiro atoms. The van der Waals surface area contributed by atoms with Crippen molar-refractivity contribution in [3.8, 4) is 0 Å². The summed E-state index contributed by atoms with van der Waals surface area (Å²) in [6, 6.07) is 4.67. The molecule has 4 nitrogen and oxygen atoms in total. The van der Waals surface area contributed by atoms with E-state index in [0.29, 0.717) is 45.7 Å². The molecule has 0 bridgehead atoms. The van der Waals surface area contributed by atoms with E-state index in [0.717, 1.165) is 11.1 Å². The van der Waals surface area contributed by atoms with Gasteiger partial charge >= 0.3 is 0 Å². The van der Waals surface area contributed by atoms with E-state index in [1.807, 2.05) is 11.9 Å². The van der Waals surface area contributed by atoms with E-state index in [1.54, 1.807) is 6.07 Å². The zero-order valence-corrected chi connectivity index (χ0v) is 11.9. The number of likely N-dealkylation sites (N-methyl/N-ethyl adjacent to an activating group) is 1. The summed E-state index contributed by atoms with van der Waals surface area (Å²) < 4.78 is 18.6. The average molecular weight is 282 g/mol. The van der Waals surface area contributed by atoms with Gasteiger partial charge in [0.25, 0.3) is 0 Å². The zero-order chi connectivity index (χ0) is 14.6. The van der Waals surface area contributed by atoms with Crippen molar-refractivity contribution >= 4 is 0 Å². The second kappa shape index (κ2) is 6.63. The minimum Gasteiger partial charge on any atom is -0.388 e. The van der Waals surface area contributed by atoms with Gasteiger partial charge in [-0.2, -0.15) is 0 Å². The summed E-state index contributed by atoms with van der Waals surface area (Å²) in [7, 11) is 1.93. The highest BCUT2D eigenvalue weighted by Crippen LogP contribution is 2.22. The van der Waals surface area contributed by atoms with E-state index >= 15 is 0 Å². The third-order valence-corrected chi connectivity index (χ3v) is 3.82. The van der Waals surface area contributed by atoms with Crippen molar-refractivity contribution < 1.29 is 14.2 Å². The molecule has 1 heterocycles. The van der Waals surface area contributed by atoms with Crippen LogP contribution < -0.4 is 5.73 Å². The molecule has 1 aromatic rings. The molecule has 0 aliphatic carbocycles. The summed E-state index contributed by atoms with van der Waals surface area (Å²) in [6.07, 6.45) is 1.29. The molecule has 1 aliphatic heterocycles. The van der Waals surface area contributed by atoms with Crippen LogP contribution in [0.25, 0.3) is 0 Å². The minimum atomic E-state index is -0.705. The van der Waals surface area contributed by atoms with Crippen LogP contribution in [0.2, 0.25) is 0 Å². The molecule has 1 saturated heterocycles. The molecule has 0 radical (unpaired) electrons. The minimum absolute atomic E-state index is 0.254. The SMILES string of the molecule is CN(Cc1cc(F)ccc1CN)CC1(O)CCOCC1. The molecule has 0 aromatic heterocycles. The lowest BCUT2D eigenvalue weighted by atomic mass is 9.93. The molecule has 112 valence electrons. The lowest BCUT2D eigenvalue weighted by Crippen LogP contribution is -2.45. The highest BCUT2D eigenvalue weighted by Gasteiger charge is 2.31. The molecule has 0 unspecified atom stereocenters. The molecule has 20 heavy (non-hydrogen) atoms. The Kier molecular flexibility index (Phi) is 5.10. The summed E-state index contributed by atoms with van der Waals surface area (Å²) in [5.41, 5.74) is 6.80. The molecule has 0 amide bonds. The van der Waals surface area contributed by atoms with E-state index in [9.17, 15) is 9.50 Å². The van der Waals surface area contributed by atoms with Crippen LogP contribution in [0.4, 0.5) is 4.39 Å². The van der Waals surface area contributed by atoms with E-state index in [1.165, 1.54) is 12.1 Å². The lowest BCUT2D eigenvalue weighted by molar-refractivity contribution is -0.0777. The molecule has 0 atom stereocenters. The topological polar surface area (TPSA) is 58.7 Å². The molecule has 1 aliphatic rings. The summed E-state index contributed by atoms with van der Waals surface area (Å²) in [5.74, 6) is -0.254. The van der Waals surface area contributed by atoms with Crippen LogP contribution in [0.15, 0.2) is 18.2 Å². The van der Waals surface area contributed by atoms with Crippen molar-refractivity contribution in [2.75, 3.05) is 26.8 Å². The third kappa shape index (κ3) is 3.99. The van der Waals surface area contributed by atoms with Crippen LogP contribution in [-0.4, -0.2) is 42.4 Å². The van der Waals surface area contributed by atoms with Crippen molar-refractivity contribution in [1.82, 2.24) is 4.90 Å². The highest BCUT2D eigenvalue weighted by molar-refractivity contribution is 5.27. The number of nitrogens with zero attached hydrogens (tertiary/aromatic N) is 1. The fraction of sp³-hybridized carbons (Fsp3) is 0.600. The number of hydrogen-bond acceptors (Lipinski definition) is 4. The Balaban J connectivity index is 2.00. The Hall–Kier alpha value is -1.01. The van der Waals surface area contributed by atoms with Crippen molar-refractivity contribution in [3.63, 3.8) is 0 Å². The van der Waals surface area contributed by atoms with Crippen LogP contribution in [0.5, 0.6) is 0 Å². The number of hydrogen-bond donors (Lipinski definition) is 2. The van der Waals surface area contributed by atoms with Gasteiger partial charge in [-0.1, -0.05) is 6.07 Å². The second-order valence-electron chi connectivity index (χ2n) is 5.63. The first-order valence-corrected chi connectivity index (χ1v) is 6.98. The number of benzene rings is 1. The fourth-order valence-corrected chi connectivity index (χ4v) is 2.70. The van der Waals surface area contributed by atoms with Crippen LogP contribution in [0.3, 0.4) is 0 Å². The number of halogens is 1. The van der Waals surface area contributed by atoms with Gasteiger partial charge in [-0.25, -0.2) is 4.39 Å². The van der Waals surface area contributed by atoms with Gasteiger partial charge in [-0.15, -0.1) is 0 Å². The predicted molar refractivity (Wildman–Crippen MR) is 75.6 cm³/mol. The highest BCUT2D eigenvalue weighted by atomic mass is 19.1. The molecule has 1 fully saturated rings. The van der Waals surface area contributed by atoms with Gasteiger partial charge in [0.1, 0.15) is 5.82 Å². The quantitative estimate of drug-likeness (QED) is 0.853. The van der Waals surface area contributed by atoms with Crippen molar-refractivity contribution in [2.45, 2.75) is 31.5 Å². The number of rotatable bonds is 5. The van der Waals surface area contributed by atoms with E-state index in [4.69, 9.17) is 10.5 Å². The Bertz CT molecular complexity index is 447. The van der Waals surface area contributed by atoms with Gasteiger partial charge in [0.05, 0.1) is 5.60 Å². The Morgan fingerprint density at radius 3 is 2.70 bits per heavy atom. The number of aliphatic hydroxyl groups is 1. The first kappa shape index (κ1) is 15.4. The predicted octanol–water partition coefficient (Wildman–Crippen LogP) is 1.26. The van der Waals surface area contributed by atoms with E-state index in [-0.39, 0.29) is 5.82 Å². The van der Waals surface area contributed by atoms with E-state index < -0.39 is 5.60 Å². The normalized spacial score (nSPS) is 18.4. The van der Waals surface area contributed by atoms with Crippen LogP contribution in [0, 0.1) is 5.82 Å². The Morgan fingerprint density at radius 1 is 1.35 bits per heavy atom. The van der Waals surface area contributed by atoms with Gasteiger partial charge in [0, 0.05) is 45.7 Å². The van der Waals surface area contributed by atoms with Gasteiger partial charge in [-0.3, -0.25) is 4.90 Å². The maximum atomic E-state index is 13.3. The zero-order valence-electron chi connectivity index (χ0n) is 11.9. The van der Waals surface area contributed by atoms with Gasteiger partial charge in [0.2, 0.25) is 0 Å². The number of ether oxygens (including phenoxy) is 1. The van der Waals surface area contributed by atoms with Crippen LogP contribution in [-0.2, 0) is 17.8 Å². The number of nitrogens with two attached hydrogens (primary N) is 1. The van der Waals surface area contributed by atoms with Crippen molar-refractivity contribution in [3.05, 3.63) is 35.1 Å². The molecule has 3 N–H and O–H groups in total. The first-order valence-electron chi connectivity index (χ1n) is 6.98. The van der Waals surface area contributed by atoms with Crippen molar-refractivity contribution in [1.29, 1.82) is 0 Å². The third-order valence-electron chi connectivity index (χ3n) is 3.82. The Labute approximate surface area is 119 Å². The molecule has 2 rings (SSSR count). The second-order valence-corrected chi connectivity index (χ2v) is 5.63. The molecule has 5 heteroatoms. The Morgan fingerprint density at radius 2 is 2.05 bits per heavy atom. The summed E-state index contributed by atoms with van der Waals surface area (Å²) in [4.78, 5) is 2.01. The van der Waals surface area contributed by atoms with Gasteiger partial charge < -0.3 is 15.6 Å². The molecular weight excluding hydrogens is 259 g/mol. The summed E-state index contributed by atoms with van der Waals surface area (Å²) in [6.45, 7) is 2.71. The fourth-order valence-electron chi connectivity index (χ4n) is 2.70. The average Bonchev–Trinajstić information content (AvgIpc) is 2.39. The van der Waals surface area contributed by atoms with Crippen molar-refractivity contribution in [2.24, 2.45) is 5.73 Å². The maximum absolute atomic E-state index is 13.3. The van der Waals surface area contributed by atoms with Crippen LogP contribution in [0.1, 0.15) is 24.0 Å². The molecular formula is C15H23FN2O2. The largest absolute Gasteiger partial charge is 0.388 e. The summed E-state index contributed by atoms with van der Waals surface area (Å²) in [5, 5.41) is 10.5. The monoisotopic (exact) mass is 282 g/mol. The summed E-state index contributed by atoms with van der Waals surface area (Å²) >= 11 is 0. The van der Waals surface area contributed by atoms with E-state index in [2.05, 4.69) is 0 Å². The van der Waals surface area contributed by atoms with Crippen LogP contribution >= 0.6 is 0 Å². The van der Waals surface area contributed by atoms with Gasteiger partial charge in [0.15, 0.2) is 0 Å². The standard InChI is InChI=1S/C15H23FN2O2/c1-18(11-15(19)4-6-20-7-5-15)10-13-8-14(16)3-2-12(13)9-17/h2-3,8,19H,4-7,9-11,17H2,1H3. The maximum Gasteiger partial charge on any atom is 0.123 e. The van der Waals surface area contributed by atoms with Gasteiger partial charge in [-0.05, 0) is 30.3 Å². The smallest absolute Gasteiger partial charge is 0.123 e. The molecule has 0 saturated carbocycles. The lowest BCUT2D eigenvalue weighted by Gasteiger charge is -2.35. The first-order chi connectivity index (χ1) is 9.52.